The summed E-state index contributed by atoms with van der Waals surface area (Å²) in [4.78, 5) is 12.2. The summed E-state index contributed by atoms with van der Waals surface area (Å²) in [7, 11) is 0. The Kier molecular flexibility index (Phi) is 4.12. The van der Waals surface area contributed by atoms with Gasteiger partial charge in [-0.15, -0.1) is 0 Å². The van der Waals surface area contributed by atoms with E-state index in [-0.39, 0.29) is 12.1 Å². The molecule has 2 N–H and O–H groups in total. The van der Waals surface area contributed by atoms with Gasteiger partial charge in [0, 0.05) is 30.2 Å². The van der Waals surface area contributed by atoms with Gasteiger partial charge < -0.3 is 19.9 Å². The van der Waals surface area contributed by atoms with Crippen LogP contribution in [0.25, 0.3) is 5.69 Å². The van der Waals surface area contributed by atoms with Crippen LogP contribution in [0.2, 0.25) is 0 Å². The Morgan fingerprint density at radius 2 is 1.92 bits per heavy atom. The smallest absolute Gasteiger partial charge is 0.319 e. The molecule has 5 nitrogen and oxygen atoms in total. The molecular formula is C20H19N3O2. The van der Waals surface area contributed by atoms with E-state index in [2.05, 4.69) is 16.7 Å². The highest BCUT2D eigenvalue weighted by Crippen LogP contribution is 2.27. The van der Waals surface area contributed by atoms with Crippen LogP contribution in [0.15, 0.2) is 73.1 Å². The Morgan fingerprint density at radius 3 is 2.76 bits per heavy atom. The molecule has 1 aliphatic rings. The number of para-hydroxylation sites is 1. The SMILES string of the molecule is O=C(NCC1Cc2ccccc2O1)Nc1cccc(-n2cccc2)c1. The lowest BCUT2D eigenvalue weighted by atomic mass is 10.1. The van der Waals surface area contributed by atoms with E-state index in [1.165, 1.54) is 5.56 Å². The maximum Gasteiger partial charge on any atom is 0.319 e. The third-order valence-corrected chi connectivity index (χ3v) is 4.21. The summed E-state index contributed by atoms with van der Waals surface area (Å²) in [5, 5.41) is 5.75. The van der Waals surface area contributed by atoms with Crippen LogP contribution in [0.3, 0.4) is 0 Å². The normalized spacial score (nSPS) is 15.3. The molecule has 2 amide bonds. The molecule has 0 radical (unpaired) electrons. The molecular weight excluding hydrogens is 314 g/mol. The maximum atomic E-state index is 12.2. The van der Waals surface area contributed by atoms with Gasteiger partial charge >= 0.3 is 6.03 Å². The summed E-state index contributed by atoms with van der Waals surface area (Å²) in [6, 6.07) is 19.4. The number of hydrogen-bond donors (Lipinski definition) is 2. The highest BCUT2D eigenvalue weighted by molar-refractivity contribution is 5.89. The fourth-order valence-electron chi connectivity index (χ4n) is 3.00. The topological polar surface area (TPSA) is 55.3 Å². The number of nitrogens with one attached hydrogen (secondary N) is 2. The number of ether oxygens (including phenoxy) is 1. The van der Waals surface area contributed by atoms with Gasteiger partial charge in [0.05, 0.1) is 6.54 Å². The average Bonchev–Trinajstić information content (AvgIpc) is 3.29. The number of hydrogen-bond acceptors (Lipinski definition) is 2. The molecule has 3 aromatic rings. The van der Waals surface area contributed by atoms with Crippen LogP contribution >= 0.6 is 0 Å². The quantitative estimate of drug-likeness (QED) is 0.766. The molecule has 126 valence electrons. The number of aromatic nitrogens is 1. The molecule has 2 heterocycles. The van der Waals surface area contributed by atoms with Gasteiger partial charge in [0.15, 0.2) is 0 Å². The number of nitrogens with zero attached hydrogens (tertiary/aromatic N) is 1. The van der Waals surface area contributed by atoms with Crippen molar-refractivity contribution in [3.8, 4) is 11.4 Å². The minimum absolute atomic E-state index is 0.0191. The summed E-state index contributed by atoms with van der Waals surface area (Å²) in [5.74, 6) is 0.911. The number of urea groups is 1. The van der Waals surface area contributed by atoms with Crippen LogP contribution in [0, 0.1) is 0 Å². The van der Waals surface area contributed by atoms with E-state index in [4.69, 9.17) is 4.74 Å². The van der Waals surface area contributed by atoms with E-state index >= 15 is 0 Å². The van der Waals surface area contributed by atoms with Gasteiger partial charge in [-0.3, -0.25) is 0 Å². The van der Waals surface area contributed by atoms with Crippen molar-refractivity contribution >= 4 is 11.7 Å². The van der Waals surface area contributed by atoms with E-state index in [0.29, 0.717) is 6.54 Å². The fraction of sp³-hybridized carbons (Fsp3) is 0.150. The Hall–Kier alpha value is -3.21. The van der Waals surface area contributed by atoms with Crippen molar-refractivity contribution in [3.63, 3.8) is 0 Å². The standard InChI is InChI=1S/C20H19N3O2/c24-20(21-14-18-12-15-6-1-2-9-19(15)25-18)22-16-7-5-8-17(13-16)23-10-3-4-11-23/h1-11,13,18H,12,14H2,(H2,21,22,24). The van der Waals surface area contributed by atoms with E-state index < -0.39 is 0 Å². The van der Waals surface area contributed by atoms with Gasteiger partial charge in [-0.25, -0.2) is 4.79 Å². The summed E-state index contributed by atoms with van der Waals surface area (Å²) in [6.45, 7) is 0.470. The molecule has 25 heavy (non-hydrogen) atoms. The van der Waals surface area contributed by atoms with Crippen molar-refractivity contribution in [2.24, 2.45) is 0 Å². The number of fused-ring (bicyclic) bond motifs is 1. The molecule has 4 rings (SSSR count). The van der Waals surface area contributed by atoms with Crippen LogP contribution in [0.5, 0.6) is 5.75 Å². The zero-order valence-electron chi connectivity index (χ0n) is 13.7. The van der Waals surface area contributed by atoms with Crippen LogP contribution in [0.4, 0.5) is 10.5 Å². The van der Waals surface area contributed by atoms with Gasteiger partial charge in [-0.2, -0.15) is 0 Å². The van der Waals surface area contributed by atoms with Crippen LogP contribution in [-0.2, 0) is 6.42 Å². The van der Waals surface area contributed by atoms with Crippen LogP contribution < -0.4 is 15.4 Å². The predicted octanol–water partition coefficient (Wildman–Crippen LogP) is 3.60. The minimum atomic E-state index is -0.232. The molecule has 1 aromatic heterocycles. The summed E-state index contributed by atoms with van der Waals surface area (Å²) >= 11 is 0. The largest absolute Gasteiger partial charge is 0.488 e. The van der Waals surface area contributed by atoms with Crippen molar-refractivity contribution in [1.82, 2.24) is 9.88 Å². The molecule has 0 saturated heterocycles. The Balaban J connectivity index is 1.32. The molecule has 1 aliphatic heterocycles. The van der Waals surface area contributed by atoms with Gasteiger partial charge in [0.2, 0.25) is 0 Å². The molecule has 1 atom stereocenters. The Morgan fingerprint density at radius 1 is 1.08 bits per heavy atom. The second-order valence-corrected chi connectivity index (χ2v) is 6.03. The highest BCUT2D eigenvalue weighted by Gasteiger charge is 2.22. The first-order chi connectivity index (χ1) is 12.3. The Labute approximate surface area is 146 Å². The molecule has 0 fully saturated rings. The Bertz CT molecular complexity index is 849. The zero-order valence-corrected chi connectivity index (χ0v) is 13.7. The van der Waals surface area contributed by atoms with Gasteiger partial charge in [-0.1, -0.05) is 24.3 Å². The first kappa shape index (κ1) is 15.3. The zero-order chi connectivity index (χ0) is 17.1. The molecule has 0 bridgehead atoms. The number of anilines is 1. The first-order valence-corrected chi connectivity index (χ1v) is 8.31. The van der Waals surface area contributed by atoms with Crippen molar-refractivity contribution in [2.75, 3.05) is 11.9 Å². The van der Waals surface area contributed by atoms with E-state index in [1.807, 2.05) is 71.6 Å². The number of carbonyl (C=O) groups is 1. The van der Waals surface area contributed by atoms with Gasteiger partial charge in [0.25, 0.3) is 0 Å². The van der Waals surface area contributed by atoms with Crippen LogP contribution in [-0.4, -0.2) is 23.2 Å². The molecule has 0 saturated carbocycles. The van der Waals surface area contributed by atoms with Crippen molar-refractivity contribution in [2.45, 2.75) is 12.5 Å². The van der Waals surface area contributed by atoms with Gasteiger partial charge in [0.1, 0.15) is 11.9 Å². The van der Waals surface area contributed by atoms with E-state index in [1.54, 1.807) is 0 Å². The van der Waals surface area contributed by atoms with Crippen molar-refractivity contribution < 1.29 is 9.53 Å². The minimum Gasteiger partial charge on any atom is -0.488 e. The average molecular weight is 333 g/mol. The third-order valence-electron chi connectivity index (χ3n) is 4.21. The lowest BCUT2D eigenvalue weighted by Crippen LogP contribution is -2.37. The first-order valence-electron chi connectivity index (χ1n) is 8.31. The highest BCUT2D eigenvalue weighted by atomic mass is 16.5. The predicted molar refractivity (Wildman–Crippen MR) is 97.4 cm³/mol. The van der Waals surface area contributed by atoms with Crippen molar-refractivity contribution in [3.05, 3.63) is 78.6 Å². The number of carbonyl (C=O) groups excluding carboxylic acids is 1. The molecule has 0 aliphatic carbocycles. The summed E-state index contributed by atoms with van der Waals surface area (Å²) in [5.41, 5.74) is 2.94. The second kappa shape index (κ2) is 6.73. The second-order valence-electron chi connectivity index (χ2n) is 6.03. The van der Waals surface area contributed by atoms with E-state index in [9.17, 15) is 4.79 Å². The molecule has 1 unspecified atom stereocenters. The lowest BCUT2D eigenvalue weighted by Gasteiger charge is -2.13. The molecule has 5 heteroatoms. The van der Waals surface area contributed by atoms with Crippen LogP contribution in [0.1, 0.15) is 5.56 Å². The maximum absolute atomic E-state index is 12.2. The molecule has 0 spiro atoms. The van der Waals surface area contributed by atoms with Crippen molar-refractivity contribution in [1.29, 1.82) is 0 Å². The molecule has 2 aromatic carbocycles. The summed E-state index contributed by atoms with van der Waals surface area (Å²) in [6.07, 6.45) is 4.73. The number of amides is 2. The summed E-state index contributed by atoms with van der Waals surface area (Å²) < 4.78 is 7.82. The van der Waals surface area contributed by atoms with Gasteiger partial charge in [-0.05, 0) is 42.0 Å². The lowest BCUT2D eigenvalue weighted by molar-refractivity contribution is 0.219. The number of benzene rings is 2. The third kappa shape index (κ3) is 3.50. The monoisotopic (exact) mass is 333 g/mol. The number of rotatable bonds is 4. The van der Waals surface area contributed by atoms with E-state index in [0.717, 1.165) is 23.5 Å². The fourth-order valence-corrected chi connectivity index (χ4v) is 3.00.